The summed E-state index contributed by atoms with van der Waals surface area (Å²) in [5.41, 5.74) is 4.28. The van der Waals surface area contributed by atoms with Crippen molar-refractivity contribution >= 4 is 17.5 Å². The summed E-state index contributed by atoms with van der Waals surface area (Å²) in [6, 6.07) is 16.1. The highest BCUT2D eigenvalue weighted by Crippen LogP contribution is 2.20. The van der Waals surface area contributed by atoms with Crippen LogP contribution in [0.4, 0.5) is 11.4 Å². The SMILES string of the molecule is C=Cc1ccccc1NC(=C)Nc1ccccc1C. The molecule has 2 aromatic rings. The quantitative estimate of drug-likeness (QED) is 0.808. The van der Waals surface area contributed by atoms with Crippen molar-refractivity contribution in [1.82, 2.24) is 0 Å². The van der Waals surface area contributed by atoms with E-state index in [1.165, 1.54) is 5.56 Å². The van der Waals surface area contributed by atoms with E-state index in [9.17, 15) is 0 Å². The fourth-order valence-corrected chi connectivity index (χ4v) is 1.86. The van der Waals surface area contributed by atoms with Gasteiger partial charge in [-0.05, 0) is 30.2 Å². The third-order valence-electron chi connectivity index (χ3n) is 2.90. The van der Waals surface area contributed by atoms with Crippen LogP contribution in [0, 0.1) is 6.92 Å². The number of hydrogen-bond acceptors (Lipinski definition) is 2. The first-order valence-electron chi connectivity index (χ1n) is 6.21. The molecule has 0 bridgehead atoms. The molecule has 0 aliphatic heterocycles. The van der Waals surface area contributed by atoms with E-state index in [1.54, 1.807) is 0 Å². The lowest BCUT2D eigenvalue weighted by atomic mass is 10.2. The zero-order chi connectivity index (χ0) is 13.7. The Bertz CT molecular complexity index is 600. The first-order valence-corrected chi connectivity index (χ1v) is 6.21. The first kappa shape index (κ1) is 13.0. The van der Waals surface area contributed by atoms with Gasteiger partial charge in [-0.2, -0.15) is 0 Å². The van der Waals surface area contributed by atoms with Crippen LogP contribution in [0.5, 0.6) is 0 Å². The summed E-state index contributed by atoms with van der Waals surface area (Å²) in [6.45, 7) is 9.87. The van der Waals surface area contributed by atoms with Gasteiger partial charge in [0.2, 0.25) is 0 Å². The molecule has 19 heavy (non-hydrogen) atoms. The van der Waals surface area contributed by atoms with Crippen LogP contribution in [0.1, 0.15) is 11.1 Å². The van der Waals surface area contributed by atoms with Crippen molar-refractivity contribution < 1.29 is 0 Å². The maximum absolute atomic E-state index is 4.01. The van der Waals surface area contributed by atoms with Crippen molar-refractivity contribution in [3.63, 3.8) is 0 Å². The Kier molecular flexibility index (Phi) is 4.04. The smallest absolute Gasteiger partial charge is 0.100 e. The molecule has 0 unspecified atom stereocenters. The van der Waals surface area contributed by atoms with E-state index in [2.05, 4.69) is 36.8 Å². The monoisotopic (exact) mass is 250 g/mol. The van der Waals surface area contributed by atoms with Crippen molar-refractivity contribution in [1.29, 1.82) is 0 Å². The molecule has 96 valence electrons. The van der Waals surface area contributed by atoms with E-state index in [0.717, 1.165) is 22.8 Å². The summed E-state index contributed by atoms with van der Waals surface area (Å²) in [4.78, 5) is 0. The Morgan fingerprint density at radius 2 is 1.53 bits per heavy atom. The zero-order valence-corrected chi connectivity index (χ0v) is 11.1. The molecule has 0 atom stereocenters. The maximum atomic E-state index is 4.01. The normalized spacial score (nSPS) is 9.74. The van der Waals surface area contributed by atoms with Gasteiger partial charge in [-0.3, -0.25) is 0 Å². The maximum Gasteiger partial charge on any atom is 0.100 e. The summed E-state index contributed by atoms with van der Waals surface area (Å²) in [5.74, 6) is 0.739. The second-order valence-corrected chi connectivity index (χ2v) is 4.33. The second kappa shape index (κ2) is 5.91. The predicted octanol–water partition coefficient (Wildman–Crippen LogP) is 4.63. The van der Waals surface area contributed by atoms with Crippen LogP contribution >= 0.6 is 0 Å². The van der Waals surface area contributed by atoms with Gasteiger partial charge in [-0.1, -0.05) is 55.6 Å². The summed E-state index contributed by atoms with van der Waals surface area (Å²) < 4.78 is 0. The Labute approximate surface area is 114 Å². The van der Waals surface area contributed by atoms with Gasteiger partial charge >= 0.3 is 0 Å². The van der Waals surface area contributed by atoms with Gasteiger partial charge in [0.1, 0.15) is 5.82 Å². The molecule has 0 spiro atoms. The van der Waals surface area contributed by atoms with Gasteiger partial charge in [0.05, 0.1) is 0 Å². The summed E-state index contributed by atoms with van der Waals surface area (Å²) in [7, 11) is 0. The van der Waals surface area contributed by atoms with E-state index < -0.39 is 0 Å². The van der Waals surface area contributed by atoms with Gasteiger partial charge in [-0.15, -0.1) is 0 Å². The van der Waals surface area contributed by atoms with E-state index in [4.69, 9.17) is 0 Å². The second-order valence-electron chi connectivity index (χ2n) is 4.33. The Balaban J connectivity index is 2.10. The van der Waals surface area contributed by atoms with Crippen LogP contribution in [-0.4, -0.2) is 0 Å². The van der Waals surface area contributed by atoms with E-state index in [-0.39, 0.29) is 0 Å². The van der Waals surface area contributed by atoms with Gasteiger partial charge in [-0.25, -0.2) is 0 Å². The number of hydrogen-bond donors (Lipinski definition) is 2. The van der Waals surface area contributed by atoms with Crippen LogP contribution < -0.4 is 10.6 Å². The number of rotatable bonds is 5. The predicted molar refractivity (Wildman–Crippen MR) is 84.1 cm³/mol. The largest absolute Gasteiger partial charge is 0.342 e. The van der Waals surface area contributed by atoms with Gasteiger partial charge in [0.25, 0.3) is 0 Å². The highest BCUT2D eigenvalue weighted by molar-refractivity contribution is 5.68. The van der Waals surface area contributed by atoms with Crippen LogP contribution in [0.2, 0.25) is 0 Å². The van der Waals surface area contributed by atoms with Crippen molar-refractivity contribution in [2.75, 3.05) is 10.6 Å². The Morgan fingerprint density at radius 1 is 0.947 bits per heavy atom. The molecule has 0 heterocycles. The molecule has 0 aromatic heterocycles. The zero-order valence-electron chi connectivity index (χ0n) is 11.1. The standard InChI is InChI=1S/C17H18N2/c1-4-15-10-6-8-12-17(15)19-14(3)18-16-11-7-5-9-13(16)2/h4-12,18-19H,1,3H2,2H3. The summed E-state index contributed by atoms with van der Waals surface area (Å²) >= 11 is 0. The number of nitrogens with one attached hydrogen (secondary N) is 2. The fourth-order valence-electron chi connectivity index (χ4n) is 1.86. The molecule has 0 aliphatic carbocycles. The lowest BCUT2D eigenvalue weighted by Gasteiger charge is -2.15. The topological polar surface area (TPSA) is 24.1 Å². The van der Waals surface area contributed by atoms with E-state index >= 15 is 0 Å². The highest BCUT2D eigenvalue weighted by atomic mass is 15.1. The van der Waals surface area contributed by atoms with Crippen molar-refractivity contribution in [3.05, 3.63) is 78.6 Å². The third kappa shape index (κ3) is 3.26. The third-order valence-corrected chi connectivity index (χ3v) is 2.90. The number of aryl methyl sites for hydroxylation is 1. The number of anilines is 2. The molecular weight excluding hydrogens is 232 g/mol. The number of para-hydroxylation sites is 2. The lowest BCUT2D eigenvalue weighted by molar-refractivity contribution is 1.34. The summed E-state index contributed by atoms with van der Waals surface area (Å²) in [5, 5.41) is 6.53. The Morgan fingerprint density at radius 3 is 2.21 bits per heavy atom. The molecule has 0 aliphatic rings. The minimum absolute atomic E-state index is 0.739. The minimum atomic E-state index is 0.739. The van der Waals surface area contributed by atoms with E-state index in [0.29, 0.717) is 0 Å². The molecule has 2 rings (SSSR count). The summed E-state index contributed by atoms with van der Waals surface area (Å²) in [6.07, 6.45) is 1.82. The molecule has 2 N–H and O–H groups in total. The molecule has 2 nitrogen and oxygen atoms in total. The van der Waals surface area contributed by atoms with Crippen LogP contribution in [0.3, 0.4) is 0 Å². The van der Waals surface area contributed by atoms with Crippen molar-refractivity contribution in [2.24, 2.45) is 0 Å². The average Bonchev–Trinajstić information content (AvgIpc) is 2.42. The number of benzene rings is 2. The van der Waals surface area contributed by atoms with E-state index in [1.807, 2.05) is 48.5 Å². The van der Waals surface area contributed by atoms with Crippen molar-refractivity contribution in [2.45, 2.75) is 6.92 Å². The molecule has 0 saturated carbocycles. The molecule has 0 fully saturated rings. The minimum Gasteiger partial charge on any atom is -0.342 e. The van der Waals surface area contributed by atoms with Gasteiger partial charge < -0.3 is 10.6 Å². The van der Waals surface area contributed by atoms with Crippen molar-refractivity contribution in [3.8, 4) is 0 Å². The fraction of sp³-hybridized carbons (Fsp3) is 0.0588. The molecule has 2 aromatic carbocycles. The van der Waals surface area contributed by atoms with Gasteiger partial charge in [0, 0.05) is 11.4 Å². The molecule has 0 saturated heterocycles. The first-order chi connectivity index (χ1) is 9.20. The van der Waals surface area contributed by atoms with Gasteiger partial charge in [0.15, 0.2) is 0 Å². The Hall–Kier alpha value is -2.48. The lowest BCUT2D eigenvalue weighted by Crippen LogP contribution is -2.09. The molecular formula is C17H18N2. The molecule has 0 radical (unpaired) electrons. The molecule has 0 amide bonds. The van der Waals surface area contributed by atoms with Crippen LogP contribution in [-0.2, 0) is 0 Å². The van der Waals surface area contributed by atoms with Crippen LogP contribution in [0.25, 0.3) is 6.08 Å². The molecule has 2 heteroatoms. The van der Waals surface area contributed by atoms with Crippen LogP contribution in [0.15, 0.2) is 67.5 Å². The average molecular weight is 250 g/mol. The highest BCUT2D eigenvalue weighted by Gasteiger charge is 2.01.